The number of hydrogen-bond acceptors (Lipinski definition) is 3. The quantitative estimate of drug-likeness (QED) is 0.508. The molecule has 2 fully saturated rings. The van der Waals surface area contributed by atoms with Crippen LogP contribution in [-0.2, 0) is 17.8 Å². The molecule has 0 spiro atoms. The molecule has 160 valence electrons. The monoisotopic (exact) mass is 420 g/mol. The molecule has 0 saturated carbocycles. The van der Waals surface area contributed by atoms with Crippen molar-refractivity contribution in [3.63, 3.8) is 0 Å². The Morgan fingerprint density at radius 1 is 0.844 bits per heavy atom. The van der Waals surface area contributed by atoms with Crippen molar-refractivity contribution < 1.29 is 4.79 Å². The minimum Gasteiger partial charge on any atom is -0.299 e. The largest absolute Gasteiger partial charge is 0.299 e. The summed E-state index contributed by atoms with van der Waals surface area (Å²) in [5.41, 5.74) is 5.06. The van der Waals surface area contributed by atoms with E-state index in [0.717, 1.165) is 36.1 Å². The van der Waals surface area contributed by atoms with Crippen LogP contribution in [0.25, 0.3) is 11.1 Å². The second-order valence-corrected chi connectivity index (χ2v) is 9.21. The Kier molecular flexibility index (Phi) is 5.88. The molecule has 2 unspecified atom stereocenters. The topological polar surface area (TPSA) is 44.1 Å². The second-order valence-electron chi connectivity index (χ2n) is 9.21. The summed E-state index contributed by atoms with van der Waals surface area (Å²) in [6.45, 7) is 1.00. The maximum absolute atomic E-state index is 13.1. The van der Waals surface area contributed by atoms with Crippen molar-refractivity contribution in [1.29, 1.82) is 5.26 Å². The number of rotatable bonds is 6. The lowest BCUT2D eigenvalue weighted by atomic mass is 9.84. The van der Waals surface area contributed by atoms with Crippen LogP contribution in [0.2, 0.25) is 0 Å². The van der Waals surface area contributed by atoms with Crippen molar-refractivity contribution in [1.82, 2.24) is 4.90 Å². The number of nitriles is 1. The van der Waals surface area contributed by atoms with Gasteiger partial charge >= 0.3 is 0 Å². The van der Waals surface area contributed by atoms with Gasteiger partial charge in [0, 0.05) is 31.0 Å². The summed E-state index contributed by atoms with van der Waals surface area (Å²) < 4.78 is 0. The lowest BCUT2D eigenvalue weighted by Gasteiger charge is -2.38. The van der Waals surface area contributed by atoms with Gasteiger partial charge in [-0.25, -0.2) is 0 Å². The molecule has 2 heterocycles. The van der Waals surface area contributed by atoms with Crippen molar-refractivity contribution in [3.05, 3.63) is 95.6 Å². The highest BCUT2D eigenvalue weighted by atomic mass is 16.1. The van der Waals surface area contributed by atoms with E-state index < -0.39 is 0 Å². The van der Waals surface area contributed by atoms with E-state index in [1.165, 1.54) is 18.4 Å². The van der Waals surface area contributed by atoms with E-state index in [0.29, 0.717) is 29.9 Å². The Morgan fingerprint density at radius 2 is 1.50 bits per heavy atom. The molecule has 2 aliphatic rings. The van der Waals surface area contributed by atoms with Crippen molar-refractivity contribution in [2.24, 2.45) is 5.92 Å². The minimum absolute atomic E-state index is 0.179. The van der Waals surface area contributed by atoms with E-state index in [-0.39, 0.29) is 5.92 Å². The highest BCUT2D eigenvalue weighted by molar-refractivity contribution is 5.84. The maximum Gasteiger partial charge on any atom is 0.140 e. The molecular formula is C29H28N2O. The first-order valence-corrected chi connectivity index (χ1v) is 11.6. The van der Waals surface area contributed by atoms with Gasteiger partial charge in [-0.1, -0.05) is 72.8 Å². The van der Waals surface area contributed by atoms with Gasteiger partial charge < -0.3 is 0 Å². The molecule has 32 heavy (non-hydrogen) atoms. The van der Waals surface area contributed by atoms with Crippen LogP contribution >= 0.6 is 0 Å². The van der Waals surface area contributed by atoms with Crippen LogP contribution in [0.1, 0.15) is 42.4 Å². The van der Waals surface area contributed by atoms with Gasteiger partial charge in [0.25, 0.3) is 0 Å². The fraction of sp³-hybridized carbons (Fsp3) is 0.310. The van der Waals surface area contributed by atoms with E-state index in [9.17, 15) is 10.1 Å². The molecule has 0 amide bonds. The van der Waals surface area contributed by atoms with Crippen LogP contribution in [0.5, 0.6) is 0 Å². The first kappa shape index (κ1) is 20.7. The molecule has 0 N–H and O–H groups in total. The van der Waals surface area contributed by atoms with Gasteiger partial charge in [0.05, 0.1) is 11.6 Å². The Hall–Kier alpha value is -3.22. The number of Topliss-reactive ketones (excluding diaryl/α,β-unsaturated/α-hetero) is 1. The van der Waals surface area contributed by atoms with Gasteiger partial charge in [0.2, 0.25) is 0 Å². The third-order valence-corrected chi connectivity index (χ3v) is 7.24. The van der Waals surface area contributed by atoms with Crippen LogP contribution < -0.4 is 0 Å². The van der Waals surface area contributed by atoms with Gasteiger partial charge in [0.1, 0.15) is 5.78 Å². The van der Waals surface area contributed by atoms with Crippen LogP contribution in [0.3, 0.4) is 0 Å². The fourth-order valence-electron chi connectivity index (χ4n) is 5.57. The van der Waals surface area contributed by atoms with Crippen LogP contribution in [0.15, 0.2) is 78.9 Å². The normalized spacial score (nSPS) is 22.4. The zero-order chi connectivity index (χ0) is 21.9. The number of hydrogen-bond donors (Lipinski definition) is 0. The molecule has 0 aliphatic carbocycles. The van der Waals surface area contributed by atoms with Gasteiger partial charge in [0.15, 0.2) is 0 Å². The van der Waals surface area contributed by atoms with Gasteiger partial charge in [-0.2, -0.15) is 5.26 Å². The Morgan fingerprint density at radius 3 is 2.19 bits per heavy atom. The molecule has 3 aromatic rings. The smallest absolute Gasteiger partial charge is 0.140 e. The number of benzene rings is 3. The number of fused-ring (bicyclic) bond motifs is 2. The standard InChI is InChI=1S/C29H28N2O/c30-19-24-8-4-5-9-28(24)23-12-10-21(11-13-23)16-29(32)25-17-26-14-15-27(18-25)31(26)20-22-6-2-1-3-7-22/h1-13,25-27H,14-18,20H2. The van der Waals surface area contributed by atoms with E-state index in [4.69, 9.17) is 0 Å². The molecule has 3 heteroatoms. The predicted octanol–water partition coefficient (Wildman–Crippen LogP) is 5.78. The van der Waals surface area contributed by atoms with Crippen molar-refractivity contribution in [2.75, 3.05) is 0 Å². The van der Waals surface area contributed by atoms with Crippen LogP contribution in [0.4, 0.5) is 0 Å². The number of carbonyl (C=O) groups is 1. The predicted molar refractivity (Wildman–Crippen MR) is 127 cm³/mol. The van der Waals surface area contributed by atoms with Gasteiger partial charge in [-0.3, -0.25) is 9.69 Å². The summed E-state index contributed by atoms with van der Waals surface area (Å²) in [7, 11) is 0. The summed E-state index contributed by atoms with van der Waals surface area (Å²) in [6, 6.07) is 29.8. The molecule has 2 bridgehead atoms. The molecule has 0 radical (unpaired) electrons. The number of carbonyl (C=O) groups excluding carboxylic acids is 1. The highest BCUT2D eigenvalue weighted by Crippen LogP contribution is 2.40. The zero-order valence-electron chi connectivity index (χ0n) is 18.3. The minimum atomic E-state index is 0.179. The Bertz CT molecular complexity index is 1120. The van der Waals surface area contributed by atoms with E-state index in [1.54, 1.807) is 0 Å². The average molecular weight is 421 g/mol. The summed E-state index contributed by atoms with van der Waals surface area (Å²) in [6.07, 6.45) is 4.93. The van der Waals surface area contributed by atoms with Gasteiger partial charge in [-0.15, -0.1) is 0 Å². The lowest BCUT2D eigenvalue weighted by molar-refractivity contribution is -0.124. The first-order chi connectivity index (χ1) is 15.7. The van der Waals surface area contributed by atoms with Crippen molar-refractivity contribution in [2.45, 2.75) is 50.7 Å². The maximum atomic E-state index is 13.1. The van der Waals surface area contributed by atoms with Crippen molar-refractivity contribution in [3.8, 4) is 17.2 Å². The zero-order valence-corrected chi connectivity index (χ0v) is 18.3. The SMILES string of the molecule is N#Cc1ccccc1-c1ccc(CC(=O)C2CC3CCC(C2)N3Cc2ccccc2)cc1. The molecule has 2 atom stereocenters. The number of nitrogens with zero attached hydrogens (tertiary/aromatic N) is 2. The van der Waals surface area contributed by atoms with Gasteiger partial charge in [-0.05, 0) is 54.0 Å². The van der Waals surface area contributed by atoms with E-state index >= 15 is 0 Å². The summed E-state index contributed by atoms with van der Waals surface area (Å²) in [5.74, 6) is 0.560. The summed E-state index contributed by atoms with van der Waals surface area (Å²) in [4.78, 5) is 15.8. The highest BCUT2D eigenvalue weighted by Gasteiger charge is 2.42. The second kappa shape index (κ2) is 9.10. The van der Waals surface area contributed by atoms with Crippen molar-refractivity contribution >= 4 is 5.78 Å². The molecule has 3 aromatic carbocycles. The third kappa shape index (κ3) is 4.24. The summed E-state index contributed by atoms with van der Waals surface area (Å²) in [5, 5.41) is 9.35. The first-order valence-electron chi connectivity index (χ1n) is 11.6. The fourth-order valence-corrected chi connectivity index (χ4v) is 5.57. The molecule has 2 aliphatic heterocycles. The average Bonchev–Trinajstić information content (AvgIpc) is 3.06. The molecule has 0 aromatic heterocycles. The molecule has 3 nitrogen and oxygen atoms in total. The Labute approximate surface area is 190 Å². The lowest BCUT2D eigenvalue weighted by Crippen LogP contribution is -2.44. The Balaban J connectivity index is 1.22. The third-order valence-electron chi connectivity index (χ3n) is 7.24. The molecular weight excluding hydrogens is 392 g/mol. The number of ketones is 1. The molecule has 5 rings (SSSR count). The van der Waals surface area contributed by atoms with E-state index in [1.807, 2.05) is 48.5 Å². The molecule has 2 saturated heterocycles. The summed E-state index contributed by atoms with van der Waals surface area (Å²) >= 11 is 0. The van der Waals surface area contributed by atoms with Crippen LogP contribution in [0, 0.1) is 17.2 Å². The van der Waals surface area contributed by atoms with Crippen LogP contribution in [-0.4, -0.2) is 22.8 Å². The number of piperidine rings is 1. The van der Waals surface area contributed by atoms with E-state index in [2.05, 4.69) is 41.3 Å².